The summed E-state index contributed by atoms with van der Waals surface area (Å²) in [4.78, 5) is 0.295. The molecule has 0 saturated heterocycles. The van der Waals surface area contributed by atoms with E-state index in [4.69, 9.17) is 9.26 Å². The van der Waals surface area contributed by atoms with Gasteiger partial charge in [-0.2, -0.15) is 0 Å². The normalized spacial score (nSPS) is 20.5. The van der Waals surface area contributed by atoms with Gasteiger partial charge in [0.2, 0.25) is 10.0 Å². The molecule has 0 radical (unpaired) electrons. The Morgan fingerprint density at radius 3 is 2.43 bits per heavy atom. The lowest BCUT2D eigenvalue weighted by molar-refractivity contribution is 0.0270. The van der Waals surface area contributed by atoms with Crippen LogP contribution in [0, 0.1) is 11.3 Å². The Labute approximate surface area is 177 Å². The largest absolute Gasteiger partial charge is 0.486 e. The van der Waals surface area contributed by atoms with Crippen LogP contribution in [0.5, 0.6) is 5.75 Å². The van der Waals surface area contributed by atoms with Crippen molar-refractivity contribution in [2.45, 2.75) is 44.2 Å². The van der Waals surface area contributed by atoms with Gasteiger partial charge in [-0.15, -0.1) is 0 Å². The van der Waals surface area contributed by atoms with Gasteiger partial charge in [0.15, 0.2) is 5.76 Å². The summed E-state index contributed by atoms with van der Waals surface area (Å²) in [6, 6.07) is 19.9. The molecule has 1 N–H and O–H groups in total. The molecule has 0 spiro atoms. The third kappa shape index (κ3) is 4.42. The predicted molar refractivity (Wildman–Crippen MR) is 113 cm³/mol. The number of nitrogens with one attached hydrogen (secondary N) is 1. The molecular weight excluding hydrogens is 400 g/mol. The van der Waals surface area contributed by atoms with E-state index < -0.39 is 10.0 Å². The maximum atomic E-state index is 12.6. The van der Waals surface area contributed by atoms with Crippen LogP contribution in [0.2, 0.25) is 0 Å². The molecule has 7 heteroatoms. The fourth-order valence-corrected chi connectivity index (χ4v) is 5.29. The van der Waals surface area contributed by atoms with Gasteiger partial charge < -0.3 is 9.26 Å². The van der Waals surface area contributed by atoms with Gasteiger partial charge in [-0.1, -0.05) is 55.4 Å². The Morgan fingerprint density at radius 1 is 1.10 bits per heavy atom. The fraction of sp³-hybridized carbons (Fsp3) is 0.348. The molecule has 4 rings (SSSR count). The molecule has 2 aromatic carbocycles. The molecule has 30 heavy (non-hydrogen) atoms. The molecule has 0 amide bonds. The van der Waals surface area contributed by atoms with Gasteiger partial charge in [-0.25, -0.2) is 13.1 Å². The van der Waals surface area contributed by atoms with Crippen molar-refractivity contribution in [1.82, 2.24) is 9.88 Å². The maximum absolute atomic E-state index is 12.6. The SMILES string of the molecule is CC1(C)[C@H](Cc2cc(COc3ccccc3)on2)C[C@@H]1NS(=O)(=O)c1ccccc1. The van der Waals surface area contributed by atoms with Crippen molar-refractivity contribution in [2.24, 2.45) is 11.3 Å². The molecule has 1 aliphatic carbocycles. The number of hydrogen-bond donors (Lipinski definition) is 1. The second-order valence-electron chi connectivity index (χ2n) is 8.33. The van der Waals surface area contributed by atoms with E-state index in [-0.39, 0.29) is 11.5 Å². The average Bonchev–Trinajstić information content (AvgIpc) is 3.20. The minimum Gasteiger partial charge on any atom is -0.486 e. The number of sulfonamides is 1. The quantitative estimate of drug-likeness (QED) is 0.584. The van der Waals surface area contributed by atoms with E-state index >= 15 is 0 Å². The number of para-hydroxylation sites is 1. The van der Waals surface area contributed by atoms with E-state index in [0.29, 0.717) is 23.2 Å². The lowest BCUT2D eigenvalue weighted by atomic mass is 9.57. The van der Waals surface area contributed by atoms with Gasteiger partial charge in [-0.05, 0) is 48.4 Å². The van der Waals surface area contributed by atoms with Crippen molar-refractivity contribution in [3.05, 3.63) is 78.2 Å². The average molecular weight is 427 g/mol. The summed E-state index contributed by atoms with van der Waals surface area (Å²) < 4.78 is 39.2. The van der Waals surface area contributed by atoms with E-state index in [2.05, 4.69) is 23.7 Å². The monoisotopic (exact) mass is 426 g/mol. The topological polar surface area (TPSA) is 81.4 Å². The van der Waals surface area contributed by atoms with Crippen molar-refractivity contribution in [2.75, 3.05) is 0 Å². The molecule has 0 bridgehead atoms. The predicted octanol–water partition coefficient (Wildman–Crippen LogP) is 4.19. The Bertz CT molecular complexity index is 1080. The van der Waals surface area contributed by atoms with Crippen LogP contribution in [-0.4, -0.2) is 19.6 Å². The first-order valence-electron chi connectivity index (χ1n) is 10.0. The molecular formula is C23H26N2O4S. The Hall–Kier alpha value is -2.64. The molecule has 1 saturated carbocycles. The highest BCUT2D eigenvalue weighted by atomic mass is 32.2. The zero-order chi connectivity index (χ0) is 21.2. The van der Waals surface area contributed by atoms with Crippen molar-refractivity contribution in [1.29, 1.82) is 0 Å². The molecule has 2 atom stereocenters. The first-order chi connectivity index (χ1) is 14.3. The highest BCUT2D eigenvalue weighted by Crippen LogP contribution is 2.48. The third-order valence-corrected chi connectivity index (χ3v) is 7.50. The van der Waals surface area contributed by atoms with Crippen LogP contribution in [0.1, 0.15) is 31.7 Å². The summed E-state index contributed by atoms with van der Waals surface area (Å²) in [6.07, 6.45) is 1.51. The standard InChI is InChI=1S/C23H26N2O4S/c1-23(2)17(14-22(23)25-30(26,27)21-11-7-4-8-12-21)13-18-15-20(29-24-18)16-28-19-9-5-3-6-10-19/h3-12,15,17,22,25H,13-14,16H2,1-2H3/t17-,22+/m1/s1. The van der Waals surface area contributed by atoms with Gasteiger partial charge in [0.05, 0.1) is 10.6 Å². The maximum Gasteiger partial charge on any atom is 0.240 e. The van der Waals surface area contributed by atoms with Gasteiger partial charge in [0.25, 0.3) is 0 Å². The van der Waals surface area contributed by atoms with Gasteiger partial charge in [-0.3, -0.25) is 0 Å². The number of benzene rings is 2. The smallest absolute Gasteiger partial charge is 0.240 e. The van der Waals surface area contributed by atoms with Gasteiger partial charge >= 0.3 is 0 Å². The lowest BCUT2D eigenvalue weighted by Gasteiger charge is -2.52. The second kappa shape index (κ2) is 8.24. The van der Waals surface area contributed by atoms with Crippen LogP contribution in [0.3, 0.4) is 0 Å². The van der Waals surface area contributed by atoms with Crippen LogP contribution in [0.15, 0.2) is 76.1 Å². The van der Waals surface area contributed by atoms with Gasteiger partial charge in [0, 0.05) is 12.1 Å². The lowest BCUT2D eigenvalue weighted by Crippen LogP contribution is -2.58. The number of aromatic nitrogens is 1. The van der Waals surface area contributed by atoms with Crippen molar-refractivity contribution >= 4 is 10.0 Å². The summed E-state index contributed by atoms with van der Waals surface area (Å²) in [5, 5.41) is 4.17. The summed E-state index contributed by atoms with van der Waals surface area (Å²) in [6.45, 7) is 4.52. The third-order valence-electron chi connectivity index (χ3n) is 6.01. The number of rotatable bonds is 8. The van der Waals surface area contributed by atoms with Crippen molar-refractivity contribution < 1.29 is 17.7 Å². The molecule has 0 aliphatic heterocycles. The zero-order valence-electron chi connectivity index (χ0n) is 17.1. The number of hydrogen-bond acceptors (Lipinski definition) is 5. The van der Waals surface area contributed by atoms with Gasteiger partial charge in [0.1, 0.15) is 12.4 Å². The minimum atomic E-state index is -3.52. The second-order valence-corrected chi connectivity index (χ2v) is 10.0. The fourth-order valence-electron chi connectivity index (χ4n) is 3.86. The van der Waals surface area contributed by atoms with E-state index in [1.807, 2.05) is 36.4 Å². The number of nitrogens with zero attached hydrogens (tertiary/aromatic N) is 1. The Kier molecular flexibility index (Phi) is 5.66. The minimum absolute atomic E-state index is 0.111. The first kappa shape index (κ1) is 20.6. The summed E-state index contributed by atoms with van der Waals surface area (Å²) in [5.74, 6) is 1.77. The molecule has 1 aromatic heterocycles. The van der Waals surface area contributed by atoms with Crippen LogP contribution in [0.25, 0.3) is 0 Å². The van der Waals surface area contributed by atoms with Crippen LogP contribution in [0.4, 0.5) is 0 Å². The molecule has 1 aliphatic rings. The Balaban J connectivity index is 1.33. The van der Waals surface area contributed by atoms with E-state index in [9.17, 15) is 8.42 Å². The van der Waals surface area contributed by atoms with Crippen LogP contribution < -0.4 is 9.46 Å². The highest BCUT2D eigenvalue weighted by molar-refractivity contribution is 7.89. The van der Waals surface area contributed by atoms with Crippen molar-refractivity contribution in [3.63, 3.8) is 0 Å². The molecule has 1 fully saturated rings. The first-order valence-corrected chi connectivity index (χ1v) is 11.5. The van der Waals surface area contributed by atoms with E-state index in [0.717, 1.165) is 24.3 Å². The zero-order valence-corrected chi connectivity index (χ0v) is 17.9. The van der Waals surface area contributed by atoms with Crippen LogP contribution >= 0.6 is 0 Å². The summed E-state index contributed by atoms with van der Waals surface area (Å²) >= 11 is 0. The summed E-state index contributed by atoms with van der Waals surface area (Å²) in [7, 11) is -3.52. The molecule has 158 valence electrons. The molecule has 0 unspecified atom stereocenters. The molecule has 6 nitrogen and oxygen atoms in total. The Morgan fingerprint density at radius 2 is 1.77 bits per heavy atom. The van der Waals surface area contributed by atoms with E-state index in [1.54, 1.807) is 30.3 Å². The highest BCUT2D eigenvalue weighted by Gasteiger charge is 2.49. The number of ether oxygens (including phenoxy) is 1. The van der Waals surface area contributed by atoms with Crippen LogP contribution in [-0.2, 0) is 23.1 Å². The summed E-state index contributed by atoms with van der Waals surface area (Å²) in [5.41, 5.74) is 0.686. The molecule has 3 aromatic rings. The molecule has 1 heterocycles. The van der Waals surface area contributed by atoms with E-state index in [1.165, 1.54) is 0 Å². The van der Waals surface area contributed by atoms with Crippen molar-refractivity contribution in [3.8, 4) is 5.75 Å².